The van der Waals surface area contributed by atoms with E-state index in [4.69, 9.17) is 5.14 Å². The highest BCUT2D eigenvalue weighted by molar-refractivity contribution is 7.82. The fourth-order valence-electron chi connectivity index (χ4n) is 4.43. The van der Waals surface area contributed by atoms with Gasteiger partial charge in [-0.1, -0.05) is 16.9 Å². The highest BCUT2D eigenvalue weighted by atomic mass is 32.2. The van der Waals surface area contributed by atoms with Crippen LogP contribution in [0, 0.1) is 17.6 Å². The first-order valence-electron chi connectivity index (χ1n) is 12.2. The van der Waals surface area contributed by atoms with E-state index in [1.54, 1.807) is 0 Å². The number of alkyl halides is 3. The summed E-state index contributed by atoms with van der Waals surface area (Å²) in [5.41, 5.74) is -0.409. The van der Waals surface area contributed by atoms with E-state index in [1.165, 1.54) is 34.3 Å². The van der Waals surface area contributed by atoms with Crippen molar-refractivity contribution in [2.75, 3.05) is 0 Å². The summed E-state index contributed by atoms with van der Waals surface area (Å²) in [6.45, 7) is 3.02. The predicted octanol–water partition coefficient (Wildman–Crippen LogP) is 6.02. The van der Waals surface area contributed by atoms with Crippen LogP contribution in [-0.4, -0.2) is 32.0 Å². The van der Waals surface area contributed by atoms with Crippen LogP contribution in [0.15, 0.2) is 53.3 Å². The molecule has 2 aromatic carbocycles. The van der Waals surface area contributed by atoms with Gasteiger partial charge in [0, 0.05) is 28.5 Å². The number of hydrogen-bond donors (Lipinski definition) is 2. The first-order chi connectivity index (χ1) is 19.3. The molecule has 5 rings (SSSR count). The van der Waals surface area contributed by atoms with Gasteiger partial charge in [0.15, 0.2) is 22.5 Å². The maximum Gasteiger partial charge on any atom is 0.416 e. The van der Waals surface area contributed by atoms with E-state index < -0.39 is 45.9 Å². The third kappa shape index (κ3) is 5.99. The number of carboxylic acids is 1. The second-order valence-electron chi connectivity index (χ2n) is 9.61. The number of carboxylic acid groups (broad SMARTS) is 1. The Balaban J connectivity index is 1.71. The minimum atomic E-state index is -4.88. The molecule has 1 fully saturated rings. The van der Waals surface area contributed by atoms with Crippen LogP contribution in [0.1, 0.15) is 45.7 Å². The number of rotatable bonds is 9. The van der Waals surface area contributed by atoms with E-state index in [0.717, 1.165) is 36.3 Å². The number of allylic oxidation sites excluding steroid dienone is 1. The van der Waals surface area contributed by atoms with Gasteiger partial charge < -0.3 is 5.11 Å². The van der Waals surface area contributed by atoms with Crippen LogP contribution in [-0.2, 0) is 28.0 Å². The van der Waals surface area contributed by atoms with E-state index in [1.807, 2.05) is 0 Å². The standard InChI is InChI=1S/C27H21F5N4O3S2/c1-13(27(30,31)32)17-11-16(5-6-19(17)28)24-18(8-15-4-7-23(41(33)39)20(29)9-15)22(10-14-2-3-14)36(35-24)26-34-21(12-40-26)25(37)38/h4-7,9,11-12,14H,1-3,8,10H2,(H2,33,39)(H,37,38)/p+1. The minimum Gasteiger partial charge on any atom is -0.476 e. The summed E-state index contributed by atoms with van der Waals surface area (Å²) in [5.74, 6) is -2.85. The first kappa shape index (κ1) is 28.8. The van der Waals surface area contributed by atoms with Crippen molar-refractivity contribution in [3.63, 3.8) is 0 Å². The van der Waals surface area contributed by atoms with Gasteiger partial charge in [-0.05, 0) is 61.1 Å². The number of hydrogen-bond acceptors (Lipinski definition) is 5. The summed E-state index contributed by atoms with van der Waals surface area (Å²) >= 11 is 1.02. The Morgan fingerprint density at radius 3 is 2.49 bits per heavy atom. The first-order valence-corrected chi connectivity index (χ1v) is 14.4. The molecule has 0 aliphatic heterocycles. The van der Waals surface area contributed by atoms with Gasteiger partial charge in [-0.3, -0.25) is 0 Å². The molecule has 7 nitrogen and oxygen atoms in total. The Hall–Kier alpha value is -3.75. The lowest BCUT2D eigenvalue weighted by atomic mass is 9.95. The van der Waals surface area contributed by atoms with Gasteiger partial charge in [-0.15, -0.1) is 16.5 Å². The van der Waals surface area contributed by atoms with Gasteiger partial charge in [-0.25, -0.2) is 23.2 Å². The lowest BCUT2D eigenvalue weighted by Gasteiger charge is -2.13. The molecule has 1 atom stereocenters. The molecule has 1 saturated carbocycles. The van der Waals surface area contributed by atoms with Crippen molar-refractivity contribution in [3.8, 4) is 16.4 Å². The molecule has 1 unspecified atom stereocenters. The lowest BCUT2D eigenvalue weighted by molar-refractivity contribution is -0.0688. The summed E-state index contributed by atoms with van der Waals surface area (Å²) in [4.78, 5) is 15.5. The quantitative estimate of drug-likeness (QED) is 0.137. The van der Waals surface area contributed by atoms with Crippen molar-refractivity contribution in [2.24, 2.45) is 11.1 Å². The van der Waals surface area contributed by atoms with Crippen LogP contribution in [0.4, 0.5) is 22.0 Å². The summed E-state index contributed by atoms with van der Waals surface area (Å²) in [6, 6.07) is 7.20. The number of thiazole rings is 1. The largest absolute Gasteiger partial charge is 0.476 e. The molecule has 0 radical (unpaired) electrons. The number of nitrogens with zero attached hydrogens (tertiary/aromatic N) is 3. The molecule has 1 aliphatic carbocycles. The lowest BCUT2D eigenvalue weighted by Crippen LogP contribution is -2.11. The van der Waals surface area contributed by atoms with Crippen molar-refractivity contribution in [1.82, 2.24) is 14.8 Å². The average Bonchev–Trinajstić information content (AvgIpc) is 3.46. The summed E-state index contributed by atoms with van der Waals surface area (Å²) < 4.78 is 82.7. The Morgan fingerprint density at radius 2 is 1.90 bits per heavy atom. The highest BCUT2D eigenvalue weighted by Crippen LogP contribution is 2.40. The maximum absolute atomic E-state index is 14.7. The Kier molecular flexibility index (Phi) is 7.66. The van der Waals surface area contributed by atoms with Crippen LogP contribution >= 0.6 is 11.3 Å². The van der Waals surface area contributed by atoms with Crippen LogP contribution in [0.2, 0.25) is 0 Å². The minimum absolute atomic E-state index is 0.0556. The number of benzene rings is 2. The summed E-state index contributed by atoms with van der Waals surface area (Å²) in [5, 5.41) is 20.9. The summed E-state index contributed by atoms with van der Waals surface area (Å²) in [6.07, 6.45) is -2.48. The average molecular weight is 610 g/mol. The molecule has 41 heavy (non-hydrogen) atoms. The third-order valence-corrected chi connectivity index (χ3v) is 8.35. The number of thiol groups is 1. The smallest absolute Gasteiger partial charge is 0.416 e. The van der Waals surface area contributed by atoms with Crippen LogP contribution in [0.3, 0.4) is 0 Å². The van der Waals surface area contributed by atoms with E-state index in [0.29, 0.717) is 23.2 Å². The van der Waals surface area contributed by atoms with Gasteiger partial charge in [0.1, 0.15) is 5.82 Å². The maximum atomic E-state index is 14.7. The Bertz CT molecular complexity index is 1710. The molecule has 2 heterocycles. The topological polar surface area (TPSA) is 111 Å². The van der Waals surface area contributed by atoms with Crippen LogP contribution in [0.25, 0.3) is 22.0 Å². The zero-order valence-corrected chi connectivity index (χ0v) is 22.8. The number of carbonyl (C=O) groups is 1. The fourth-order valence-corrected chi connectivity index (χ4v) is 5.69. The third-order valence-electron chi connectivity index (χ3n) is 6.70. The van der Waals surface area contributed by atoms with Gasteiger partial charge in [-0.2, -0.15) is 18.3 Å². The SMILES string of the molecule is C=C(c1cc(-c2nn(-c3nc(C(=O)O)cs3)c(CC3CC3)c2Cc2ccc([SH+](N)=O)c(F)c2)ccc1F)C(F)(F)F. The van der Waals surface area contributed by atoms with E-state index in [-0.39, 0.29) is 39.3 Å². The van der Waals surface area contributed by atoms with Crippen molar-refractivity contribution < 1.29 is 36.1 Å². The van der Waals surface area contributed by atoms with Crippen molar-refractivity contribution in [3.05, 3.63) is 88.1 Å². The van der Waals surface area contributed by atoms with Gasteiger partial charge in [0.25, 0.3) is 0 Å². The van der Waals surface area contributed by atoms with Crippen LogP contribution < -0.4 is 5.14 Å². The molecule has 2 aromatic heterocycles. The Morgan fingerprint density at radius 1 is 1.17 bits per heavy atom. The molecular formula is C27H22F5N4O3S2+. The molecule has 1 aliphatic rings. The molecule has 14 heteroatoms. The van der Waals surface area contributed by atoms with Gasteiger partial charge in [0.2, 0.25) is 10.0 Å². The molecule has 0 bridgehead atoms. The number of aromatic carboxylic acids is 1. The molecule has 0 spiro atoms. The zero-order chi connectivity index (χ0) is 29.6. The van der Waals surface area contributed by atoms with E-state index >= 15 is 0 Å². The molecule has 0 amide bonds. The highest BCUT2D eigenvalue weighted by Gasteiger charge is 2.35. The predicted molar refractivity (Wildman–Crippen MR) is 144 cm³/mol. The van der Waals surface area contributed by atoms with Crippen LogP contribution in [0.5, 0.6) is 0 Å². The number of aromatic nitrogens is 3. The van der Waals surface area contributed by atoms with E-state index in [2.05, 4.69) is 16.7 Å². The van der Waals surface area contributed by atoms with Gasteiger partial charge in [0.05, 0.1) is 17.0 Å². The monoisotopic (exact) mass is 609 g/mol. The second-order valence-corrected chi connectivity index (χ2v) is 11.6. The van der Waals surface area contributed by atoms with Crippen molar-refractivity contribution in [1.29, 1.82) is 0 Å². The molecule has 4 aromatic rings. The fraction of sp³-hybridized carbons (Fsp3) is 0.222. The van der Waals surface area contributed by atoms with Crippen molar-refractivity contribution >= 4 is 33.9 Å². The van der Waals surface area contributed by atoms with Crippen molar-refractivity contribution in [2.45, 2.75) is 36.8 Å². The number of nitrogens with two attached hydrogens (primary N) is 1. The van der Waals surface area contributed by atoms with E-state index in [9.17, 15) is 36.1 Å². The molecule has 214 valence electrons. The molecule has 3 N–H and O–H groups in total. The van der Waals surface area contributed by atoms with Gasteiger partial charge >= 0.3 is 12.1 Å². The molecular weight excluding hydrogens is 587 g/mol. The normalized spacial score (nSPS) is 14.3. The zero-order valence-electron chi connectivity index (χ0n) is 21.1. The molecule has 0 saturated heterocycles. The number of halogens is 5. The Labute approximate surface area is 236 Å². The summed E-state index contributed by atoms with van der Waals surface area (Å²) in [7, 11) is -2.42. The second kappa shape index (κ2) is 10.9.